The molecule has 1 fully saturated rings. The molecule has 94 valence electrons. The maximum Gasteiger partial charge on any atom is 0.235 e. The van der Waals surface area contributed by atoms with Crippen molar-refractivity contribution in [2.24, 2.45) is 0 Å². The van der Waals surface area contributed by atoms with Gasteiger partial charge in [0.15, 0.2) is 0 Å². The summed E-state index contributed by atoms with van der Waals surface area (Å²) < 4.78 is 0. The van der Waals surface area contributed by atoms with E-state index in [1.54, 1.807) is 0 Å². The van der Waals surface area contributed by atoms with E-state index in [4.69, 9.17) is 0 Å². The molecule has 0 aromatic rings. The van der Waals surface area contributed by atoms with Crippen LogP contribution >= 0.6 is 11.8 Å². The van der Waals surface area contributed by atoms with Gasteiger partial charge in [0.1, 0.15) is 0 Å². The summed E-state index contributed by atoms with van der Waals surface area (Å²) >= 11 is 1.81. The summed E-state index contributed by atoms with van der Waals surface area (Å²) in [4.78, 5) is 14.3. The predicted molar refractivity (Wildman–Crippen MR) is 71.9 cm³/mol. The van der Waals surface area contributed by atoms with E-state index in [1.165, 1.54) is 32.1 Å². The van der Waals surface area contributed by atoms with Crippen molar-refractivity contribution in [3.05, 3.63) is 0 Å². The number of carbonyl (C=O) groups excluding carboxylic acids is 1. The van der Waals surface area contributed by atoms with E-state index in [0.717, 1.165) is 12.3 Å². The lowest BCUT2D eigenvalue weighted by Crippen LogP contribution is -2.45. The van der Waals surface area contributed by atoms with E-state index in [0.29, 0.717) is 11.9 Å². The van der Waals surface area contributed by atoms with Gasteiger partial charge in [-0.2, -0.15) is 0 Å². The summed E-state index contributed by atoms with van der Waals surface area (Å²) in [5.41, 5.74) is 0. The molecule has 0 unspecified atom stereocenters. The molecule has 1 aliphatic heterocycles. The van der Waals surface area contributed by atoms with Gasteiger partial charge in [-0.05, 0) is 45.3 Å². The Morgan fingerprint density at radius 3 is 2.88 bits per heavy atom. The number of amides is 1. The molecule has 0 radical (unpaired) electrons. The van der Waals surface area contributed by atoms with Crippen molar-refractivity contribution in [3.63, 3.8) is 0 Å². The molecule has 0 saturated carbocycles. The monoisotopic (exact) mass is 243 g/mol. The minimum atomic E-state index is 0.145. The van der Waals surface area contributed by atoms with Crippen LogP contribution in [0.4, 0.5) is 0 Å². The summed E-state index contributed by atoms with van der Waals surface area (Å²) in [7, 11) is 0. The SMILES string of the molecule is CCCCS[C@H](C)C(=O)N1CCCC[C@@H]1C. The standard InChI is InChI=1S/C13H25NOS/c1-4-5-10-16-12(3)13(15)14-9-7-6-8-11(14)2/h11-12H,4-10H2,1-3H3/t11-,12+/m0/s1. The van der Waals surface area contributed by atoms with Crippen LogP contribution in [0.3, 0.4) is 0 Å². The first-order valence-electron chi connectivity index (χ1n) is 6.59. The number of thioether (sulfide) groups is 1. The van der Waals surface area contributed by atoms with Crippen molar-refractivity contribution in [1.29, 1.82) is 0 Å². The summed E-state index contributed by atoms with van der Waals surface area (Å²) in [5, 5.41) is 0.145. The van der Waals surface area contributed by atoms with Gasteiger partial charge in [0.2, 0.25) is 5.91 Å². The van der Waals surface area contributed by atoms with Crippen LogP contribution in [0.5, 0.6) is 0 Å². The average molecular weight is 243 g/mol. The van der Waals surface area contributed by atoms with Gasteiger partial charge in [0.05, 0.1) is 5.25 Å². The lowest BCUT2D eigenvalue weighted by molar-refractivity contribution is -0.133. The molecule has 1 saturated heterocycles. The fraction of sp³-hybridized carbons (Fsp3) is 0.923. The highest BCUT2D eigenvalue weighted by atomic mass is 32.2. The van der Waals surface area contributed by atoms with E-state index < -0.39 is 0 Å². The Morgan fingerprint density at radius 1 is 1.50 bits per heavy atom. The minimum absolute atomic E-state index is 0.145. The topological polar surface area (TPSA) is 20.3 Å². The lowest BCUT2D eigenvalue weighted by atomic mass is 10.0. The molecule has 2 atom stereocenters. The van der Waals surface area contributed by atoms with Gasteiger partial charge in [-0.1, -0.05) is 13.3 Å². The maximum atomic E-state index is 12.2. The molecular weight excluding hydrogens is 218 g/mol. The Hall–Kier alpha value is -0.180. The second kappa shape index (κ2) is 7.21. The van der Waals surface area contributed by atoms with Gasteiger partial charge < -0.3 is 4.90 Å². The minimum Gasteiger partial charge on any atom is -0.339 e. The van der Waals surface area contributed by atoms with Crippen molar-refractivity contribution in [1.82, 2.24) is 4.90 Å². The zero-order valence-electron chi connectivity index (χ0n) is 10.9. The number of rotatable bonds is 5. The van der Waals surface area contributed by atoms with E-state index in [9.17, 15) is 4.79 Å². The van der Waals surface area contributed by atoms with Crippen molar-refractivity contribution < 1.29 is 4.79 Å². The maximum absolute atomic E-state index is 12.2. The zero-order valence-corrected chi connectivity index (χ0v) is 11.7. The van der Waals surface area contributed by atoms with Crippen molar-refractivity contribution in [2.45, 2.75) is 64.2 Å². The Morgan fingerprint density at radius 2 is 2.25 bits per heavy atom. The van der Waals surface area contributed by atoms with Crippen LogP contribution in [-0.2, 0) is 4.79 Å². The van der Waals surface area contributed by atoms with E-state index >= 15 is 0 Å². The van der Waals surface area contributed by atoms with Crippen molar-refractivity contribution in [2.75, 3.05) is 12.3 Å². The number of likely N-dealkylation sites (tertiary alicyclic amines) is 1. The highest BCUT2D eigenvalue weighted by Crippen LogP contribution is 2.21. The van der Waals surface area contributed by atoms with Gasteiger partial charge in [-0.25, -0.2) is 0 Å². The first-order chi connectivity index (χ1) is 7.66. The second-order valence-electron chi connectivity index (χ2n) is 4.74. The largest absolute Gasteiger partial charge is 0.339 e. The summed E-state index contributed by atoms with van der Waals surface area (Å²) in [6, 6.07) is 0.454. The fourth-order valence-corrected chi connectivity index (χ4v) is 3.22. The van der Waals surface area contributed by atoms with E-state index in [-0.39, 0.29) is 5.25 Å². The molecule has 0 bridgehead atoms. The van der Waals surface area contributed by atoms with Crippen molar-refractivity contribution >= 4 is 17.7 Å². The quantitative estimate of drug-likeness (QED) is 0.690. The van der Waals surface area contributed by atoms with Gasteiger partial charge in [0, 0.05) is 12.6 Å². The zero-order chi connectivity index (χ0) is 12.0. The van der Waals surface area contributed by atoms with Gasteiger partial charge >= 0.3 is 0 Å². The van der Waals surface area contributed by atoms with Crippen molar-refractivity contribution in [3.8, 4) is 0 Å². The molecule has 1 rings (SSSR count). The molecular formula is C13H25NOS. The first kappa shape index (κ1) is 13.9. The molecule has 1 heterocycles. The second-order valence-corrected chi connectivity index (χ2v) is 6.19. The molecule has 1 aliphatic rings. The molecule has 0 aromatic heterocycles. The van der Waals surface area contributed by atoms with Crippen LogP contribution in [0, 0.1) is 0 Å². The normalized spacial score (nSPS) is 23.2. The first-order valence-corrected chi connectivity index (χ1v) is 7.63. The number of hydrogen-bond donors (Lipinski definition) is 0. The molecule has 0 spiro atoms. The molecule has 1 amide bonds. The summed E-state index contributed by atoms with van der Waals surface area (Å²) in [6.45, 7) is 7.41. The van der Waals surface area contributed by atoms with Gasteiger partial charge in [-0.3, -0.25) is 4.79 Å². The third-order valence-electron chi connectivity index (χ3n) is 3.30. The highest BCUT2D eigenvalue weighted by Gasteiger charge is 2.26. The van der Waals surface area contributed by atoms with Crippen LogP contribution in [0.15, 0.2) is 0 Å². The molecule has 0 aromatic carbocycles. The number of carbonyl (C=O) groups is 1. The van der Waals surface area contributed by atoms with Crippen LogP contribution in [0.25, 0.3) is 0 Å². The van der Waals surface area contributed by atoms with E-state index in [1.807, 2.05) is 11.8 Å². The Labute approximate surface area is 104 Å². The predicted octanol–water partition coefficient (Wildman–Crippen LogP) is 3.31. The summed E-state index contributed by atoms with van der Waals surface area (Å²) in [5.74, 6) is 1.47. The molecule has 0 aliphatic carbocycles. The number of unbranched alkanes of at least 4 members (excludes halogenated alkanes) is 1. The van der Waals surface area contributed by atoms with Crippen LogP contribution in [0.1, 0.15) is 52.9 Å². The molecule has 3 heteroatoms. The highest BCUT2D eigenvalue weighted by molar-refractivity contribution is 8.00. The van der Waals surface area contributed by atoms with Gasteiger partial charge in [-0.15, -0.1) is 11.8 Å². The average Bonchev–Trinajstić information content (AvgIpc) is 2.29. The van der Waals surface area contributed by atoms with Crippen LogP contribution in [-0.4, -0.2) is 34.4 Å². The third kappa shape index (κ3) is 4.00. The molecule has 2 nitrogen and oxygen atoms in total. The van der Waals surface area contributed by atoms with Crippen LogP contribution in [0.2, 0.25) is 0 Å². The number of nitrogens with zero attached hydrogens (tertiary/aromatic N) is 1. The molecule has 0 N–H and O–H groups in total. The summed E-state index contributed by atoms with van der Waals surface area (Å²) in [6.07, 6.45) is 6.08. The lowest BCUT2D eigenvalue weighted by Gasteiger charge is -2.35. The number of piperidine rings is 1. The van der Waals surface area contributed by atoms with Gasteiger partial charge in [0.25, 0.3) is 0 Å². The van der Waals surface area contributed by atoms with Crippen LogP contribution < -0.4 is 0 Å². The van der Waals surface area contributed by atoms with E-state index in [2.05, 4.69) is 25.7 Å². The number of hydrogen-bond acceptors (Lipinski definition) is 2. The Balaban J connectivity index is 2.36. The Kier molecular flexibility index (Phi) is 6.25. The molecule has 16 heavy (non-hydrogen) atoms. The fourth-order valence-electron chi connectivity index (χ4n) is 2.13. The third-order valence-corrected chi connectivity index (χ3v) is 4.53. The Bertz CT molecular complexity index is 220. The smallest absolute Gasteiger partial charge is 0.235 e.